The highest BCUT2D eigenvalue weighted by atomic mass is 13.9. The molecule has 0 aromatic heterocycles. The van der Waals surface area contributed by atoms with Crippen molar-refractivity contribution in [2.75, 3.05) is 0 Å². The summed E-state index contributed by atoms with van der Waals surface area (Å²) in [6.07, 6.45) is 14.1. The Kier molecular flexibility index (Phi) is 8.20. The van der Waals surface area contributed by atoms with Crippen molar-refractivity contribution >= 4 is 0 Å². The second-order valence-corrected chi connectivity index (χ2v) is 3.27. The molecule has 1 atom stereocenters. The summed E-state index contributed by atoms with van der Waals surface area (Å²) < 4.78 is 0. The fourth-order valence-corrected chi connectivity index (χ4v) is 1.05. The van der Waals surface area contributed by atoms with Gasteiger partial charge >= 0.3 is 0 Å². The van der Waals surface area contributed by atoms with Gasteiger partial charge in [0.1, 0.15) is 0 Å². The number of unbranched alkanes of at least 4 members (excludes halogenated alkanes) is 2. The van der Waals surface area contributed by atoms with E-state index in [1.807, 2.05) is 0 Å². The van der Waals surface area contributed by atoms with E-state index in [1.165, 1.54) is 19.3 Å². The molecular formula is C12H22. The van der Waals surface area contributed by atoms with Gasteiger partial charge in [0.15, 0.2) is 0 Å². The van der Waals surface area contributed by atoms with E-state index >= 15 is 0 Å². The monoisotopic (exact) mass is 166 g/mol. The lowest BCUT2D eigenvalue weighted by molar-refractivity contribution is 0.806. The maximum atomic E-state index is 2.30. The molecule has 0 nitrogen and oxygen atoms in total. The zero-order chi connectivity index (χ0) is 9.23. The molecule has 0 saturated carbocycles. The highest BCUT2D eigenvalue weighted by Gasteiger charge is 1.87. The third-order valence-corrected chi connectivity index (χ3v) is 1.84. The van der Waals surface area contributed by atoms with Crippen molar-refractivity contribution in [1.82, 2.24) is 0 Å². The highest BCUT2D eigenvalue weighted by molar-refractivity contribution is 4.98. The van der Waals surface area contributed by atoms with E-state index in [1.54, 1.807) is 0 Å². The average Bonchev–Trinajstić information content (AvgIpc) is 2.09. The van der Waals surface area contributed by atoms with Gasteiger partial charge in [-0.25, -0.2) is 0 Å². The molecule has 0 aliphatic carbocycles. The van der Waals surface area contributed by atoms with E-state index in [9.17, 15) is 0 Å². The minimum Gasteiger partial charge on any atom is -0.0882 e. The molecule has 0 saturated heterocycles. The minimum atomic E-state index is 0.613. The highest BCUT2D eigenvalue weighted by Crippen LogP contribution is 2.03. The van der Waals surface area contributed by atoms with Gasteiger partial charge in [-0.3, -0.25) is 0 Å². The van der Waals surface area contributed by atoms with Crippen LogP contribution in [-0.2, 0) is 0 Å². The van der Waals surface area contributed by atoms with Crippen molar-refractivity contribution in [3.63, 3.8) is 0 Å². The van der Waals surface area contributed by atoms with E-state index in [-0.39, 0.29) is 0 Å². The average molecular weight is 166 g/mol. The summed E-state index contributed by atoms with van der Waals surface area (Å²) in [5.41, 5.74) is 0. The third-order valence-electron chi connectivity index (χ3n) is 1.84. The van der Waals surface area contributed by atoms with Crippen LogP contribution in [0.1, 0.15) is 46.5 Å². The standard InChI is InChI=1S/C12H22/c1-4-6-8-9-11-12(3)10-7-5-2/h7,9-12H,4-6,8H2,1-3H3. The molecule has 0 amide bonds. The second kappa shape index (κ2) is 8.58. The smallest absolute Gasteiger partial charge is 0.00819 e. The number of allylic oxidation sites excluding steroid dienone is 4. The van der Waals surface area contributed by atoms with Crippen molar-refractivity contribution in [2.45, 2.75) is 46.5 Å². The van der Waals surface area contributed by atoms with E-state index in [0.29, 0.717) is 5.92 Å². The summed E-state index contributed by atoms with van der Waals surface area (Å²) >= 11 is 0. The molecule has 0 heterocycles. The molecule has 70 valence electrons. The molecule has 0 fully saturated rings. The Hall–Kier alpha value is -0.520. The first-order chi connectivity index (χ1) is 5.81. The number of hydrogen-bond donors (Lipinski definition) is 0. The molecule has 0 aromatic carbocycles. The quantitative estimate of drug-likeness (QED) is 0.407. The summed E-state index contributed by atoms with van der Waals surface area (Å²) in [5.74, 6) is 0.613. The van der Waals surface area contributed by atoms with Gasteiger partial charge in [-0.1, -0.05) is 57.9 Å². The molecule has 0 heteroatoms. The van der Waals surface area contributed by atoms with E-state index in [2.05, 4.69) is 45.1 Å². The van der Waals surface area contributed by atoms with E-state index in [0.717, 1.165) is 6.42 Å². The first kappa shape index (κ1) is 11.5. The van der Waals surface area contributed by atoms with Crippen LogP contribution < -0.4 is 0 Å². The minimum absolute atomic E-state index is 0.613. The van der Waals surface area contributed by atoms with Crippen molar-refractivity contribution < 1.29 is 0 Å². The van der Waals surface area contributed by atoms with Crippen LogP contribution in [0.4, 0.5) is 0 Å². The Morgan fingerprint density at radius 2 is 1.75 bits per heavy atom. The van der Waals surface area contributed by atoms with Gasteiger partial charge in [0, 0.05) is 0 Å². The Morgan fingerprint density at radius 1 is 1.08 bits per heavy atom. The van der Waals surface area contributed by atoms with E-state index < -0.39 is 0 Å². The van der Waals surface area contributed by atoms with Crippen molar-refractivity contribution in [3.05, 3.63) is 24.3 Å². The SMILES string of the molecule is CCC=CC(C)C=CCCCC. The molecular weight excluding hydrogens is 144 g/mol. The topological polar surface area (TPSA) is 0 Å². The van der Waals surface area contributed by atoms with Crippen molar-refractivity contribution in [2.24, 2.45) is 5.92 Å². The molecule has 12 heavy (non-hydrogen) atoms. The fraction of sp³-hybridized carbons (Fsp3) is 0.667. The van der Waals surface area contributed by atoms with Crippen LogP contribution in [-0.4, -0.2) is 0 Å². The predicted molar refractivity (Wildman–Crippen MR) is 57.3 cm³/mol. The Labute approximate surface area is 77.4 Å². The summed E-state index contributed by atoms with van der Waals surface area (Å²) in [5, 5.41) is 0. The summed E-state index contributed by atoms with van der Waals surface area (Å²) in [7, 11) is 0. The maximum absolute atomic E-state index is 2.30. The van der Waals surface area contributed by atoms with Gasteiger partial charge < -0.3 is 0 Å². The maximum Gasteiger partial charge on any atom is -0.00819 e. The van der Waals surface area contributed by atoms with Gasteiger partial charge in [0.2, 0.25) is 0 Å². The Bertz CT molecular complexity index is 131. The third kappa shape index (κ3) is 7.59. The Morgan fingerprint density at radius 3 is 2.33 bits per heavy atom. The van der Waals surface area contributed by atoms with Crippen LogP contribution in [0.3, 0.4) is 0 Å². The zero-order valence-electron chi connectivity index (χ0n) is 8.72. The first-order valence-electron chi connectivity index (χ1n) is 5.14. The largest absolute Gasteiger partial charge is 0.0882 e. The van der Waals surface area contributed by atoms with Crippen LogP contribution in [0.5, 0.6) is 0 Å². The van der Waals surface area contributed by atoms with Gasteiger partial charge in [-0.05, 0) is 18.8 Å². The van der Waals surface area contributed by atoms with Crippen LogP contribution in [0.25, 0.3) is 0 Å². The van der Waals surface area contributed by atoms with Crippen molar-refractivity contribution in [3.8, 4) is 0 Å². The van der Waals surface area contributed by atoms with Crippen LogP contribution in [0.2, 0.25) is 0 Å². The van der Waals surface area contributed by atoms with Gasteiger partial charge in [-0.15, -0.1) is 0 Å². The first-order valence-corrected chi connectivity index (χ1v) is 5.14. The lowest BCUT2D eigenvalue weighted by Crippen LogP contribution is -1.81. The fourth-order valence-electron chi connectivity index (χ4n) is 1.05. The molecule has 0 rings (SSSR count). The van der Waals surface area contributed by atoms with Crippen LogP contribution in [0, 0.1) is 5.92 Å². The van der Waals surface area contributed by atoms with Crippen LogP contribution in [0.15, 0.2) is 24.3 Å². The lowest BCUT2D eigenvalue weighted by Gasteiger charge is -1.96. The van der Waals surface area contributed by atoms with Crippen molar-refractivity contribution in [1.29, 1.82) is 0 Å². The Balaban J connectivity index is 3.46. The summed E-state index contributed by atoms with van der Waals surface area (Å²) in [4.78, 5) is 0. The second-order valence-electron chi connectivity index (χ2n) is 3.27. The number of rotatable bonds is 6. The number of hydrogen-bond acceptors (Lipinski definition) is 0. The molecule has 0 N–H and O–H groups in total. The van der Waals surface area contributed by atoms with Gasteiger partial charge in [-0.2, -0.15) is 0 Å². The molecule has 0 spiro atoms. The van der Waals surface area contributed by atoms with Gasteiger partial charge in [0.25, 0.3) is 0 Å². The molecule has 0 aromatic rings. The van der Waals surface area contributed by atoms with Gasteiger partial charge in [0.05, 0.1) is 0 Å². The molecule has 0 aliphatic heterocycles. The van der Waals surface area contributed by atoms with Crippen LogP contribution >= 0.6 is 0 Å². The molecule has 1 unspecified atom stereocenters. The predicted octanol–water partition coefficient (Wildman–Crippen LogP) is 4.34. The molecule has 0 bridgehead atoms. The zero-order valence-corrected chi connectivity index (χ0v) is 8.72. The normalized spacial score (nSPS) is 14.6. The summed E-state index contributed by atoms with van der Waals surface area (Å²) in [6.45, 7) is 6.63. The molecule has 0 radical (unpaired) electrons. The summed E-state index contributed by atoms with van der Waals surface area (Å²) in [6, 6.07) is 0. The molecule has 0 aliphatic rings. The van der Waals surface area contributed by atoms with E-state index in [4.69, 9.17) is 0 Å². The lowest BCUT2D eigenvalue weighted by atomic mass is 10.1.